The van der Waals surface area contributed by atoms with Gasteiger partial charge in [0.25, 0.3) is 0 Å². The Morgan fingerprint density at radius 1 is 1.12 bits per heavy atom. The van der Waals surface area contributed by atoms with Crippen LogP contribution in [0.15, 0.2) is 56.3 Å². The quantitative estimate of drug-likeness (QED) is 0.621. The maximum atomic E-state index is 13.0. The Morgan fingerprint density at radius 2 is 1.88 bits per heavy atom. The minimum absolute atomic E-state index is 0.0203. The molecule has 0 saturated heterocycles. The predicted octanol–water partition coefficient (Wildman–Crippen LogP) is 4.78. The molecule has 2 heterocycles. The van der Waals surface area contributed by atoms with Gasteiger partial charge >= 0.3 is 0 Å². The molecule has 4 rings (SSSR count). The molecule has 1 aliphatic rings. The SMILES string of the molecule is CC(C)N1COc2ccc3c(=O)c(-c4ccc(Br)cc4)coc3c2C1. The summed E-state index contributed by atoms with van der Waals surface area (Å²) in [6, 6.07) is 11.7. The van der Waals surface area contributed by atoms with Crippen molar-refractivity contribution in [3.8, 4) is 16.9 Å². The summed E-state index contributed by atoms with van der Waals surface area (Å²) in [7, 11) is 0. The number of hydrogen-bond acceptors (Lipinski definition) is 4. The van der Waals surface area contributed by atoms with Crippen LogP contribution in [0, 0.1) is 0 Å². The topological polar surface area (TPSA) is 42.7 Å². The highest BCUT2D eigenvalue weighted by Gasteiger charge is 2.24. The average Bonchev–Trinajstić information content (AvgIpc) is 2.62. The van der Waals surface area contributed by atoms with Crippen molar-refractivity contribution in [2.75, 3.05) is 6.73 Å². The number of fused-ring (bicyclic) bond motifs is 3. The lowest BCUT2D eigenvalue weighted by Crippen LogP contribution is -2.37. The van der Waals surface area contributed by atoms with Crippen molar-refractivity contribution >= 4 is 26.9 Å². The van der Waals surface area contributed by atoms with Gasteiger partial charge in [-0.15, -0.1) is 0 Å². The molecule has 0 aliphatic carbocycles. The van der Waals surface area contributed by atoms with E-state index < -0.39 is 0 Å². The van der Waals surface area contributed by atoms with Crippen LogP contribution < -0.4 is 10.2 Å². The fraction of sp³-hybridized carbons (Fsp3) is 0.250. The van der Waals surface area contributed by atoms with Crippen LogP contribution in [0.25, 0.3) is 22.1 Å². The number of benzene rings is 2. The van der Waals surface area contributed by atoms with E-state index in [0.717, 1.165) is 21.3 Å². The molecule has 5 heteroatoms. The van der Waals surface area contributed by atoms with E-state index in [0.29, 0.717) is 35.9 Å². The van der Waals surface area contributed by atoms with Crippen molar-refractivity contribution in [2.24, 2.45) is 0 Å². The highest BCUT2D eigenvalue weighted by Crippen LogP contribution is 2.33. The second-order valence-corrected chi connectivity index (χ2v) is 7.43. The second kappa shape index (κ2) is 6.32. The zero-order valence-corrected chi connectivity index (χ0v) is 15.7. The average molecular weight is 400 g/mol. The van der Waals surface area contributed by atoms with Gasteiger partial charge in [0.1, 0.15) is 24.3 Å². The molecular weight excluding hydrogens is 382 g/mol. The Balaban J connectivity index is 1.86. The van der Waals surface area contributed by atoms with Crippen LogP contribution in [0.1, 0.15) is 19.4 Å². The van der Waals surface area contributed by atoms with Crippen LogP contribution >= 0.6 is 15.9 Å². The van der Waals surface area contributed by atoms with Crippen molar-refractivity contribution in [1.82, 2.24) is 4.90 Å². The Morgan fingerprint density at radius 3 is 2.60 bits per heavy atom. The van der Waals surface area contributed by atoms with Gasteiger partial charge in [0, 0.05) is 17.1 Å². The molecule has 1 aliphatic heterocycles. The highest BCUT2D eigenvalue weighted by atomic mass is 79.9. The maximum Gasteiger partial charge on any atom is 0.200 e. The van der Waals surface area contributed by atoms with Crippen molar-refractivity contribution in [2.45, 2.75) is 26.4 Å². The van der Waals surface area contributed by atoms with Gasteiger partial charge in [0.05, 0.1) is 16.5 Å². The second-order valence-electron chi connectivity index (χ2n) is 6.52. The molecule has 128 valence electrons. The van der Waals surface area contributed by atoms with Gasteiger partial charge in [-0.3, -0.25) is 9.69 Å². The third-order valence-electron chi connectivity index (χ3n) is 4.63. The van der Waals surface area contributed by atoms with Crippen molar-refractivity contribution in [3.05, 3.63) is 62.9 Å². The van der Waals surface area contributed by atoms with Crippen LogP contribution in [-0.2, 0) is 6.54 Å². The first-order chi connectivity index (χ1) is 12.0. The summed E-state index contributed by atoms with van der Waals surface area (Å²) < 4.78 is 12.7. The molecule has 0 radical (unpaired) electrons. The van der Waals surface area contributed by atoms with E-state index >= 15 is 0 Å². The molecule has 0 saturated carbocycles. The van der Waals surface area contributed by atoms with E-state index in [1.807, 2.05) is 30.3 Å². The standard InChI is InChI=1S/C20H18BrNO3/c1-12(2)22-9-16-18(25-11-22)8-7-15-19(23)17(10-24-20(15)16)13-3-5-14(21)6-4-13/h3-8,10,12H,9,11H2,1-2H3. The predicted molar refractivity (Wildman–Crippen MR) is 102 cm³/mol. The number of nitrogens with zero attached hydrogens (tertiary/aromatic N) is 1. The minimum atomic E-state index is -0.0203. The smallest absolute Gasteiger partial charge is 0.200 e. The van der Waals surface area contributed by atoms with Gasteiger partial charge in [0.2, 0.25) is 5.43 Å². The van der Waals surface area contributed by atoms with E-state index in [-0.39, 0.29) is 5.43 Å². The summed E-state index contributed by atoms with van der Waals surface area (Å²) in [5.74, 6) is 0.795. The molecule has 0 bridgehead atoms. The van der Waals surface area contributed by atoms with Crippen molar-refractivity contribution in [1.29, 1.82) is 0 Å². The van der Waals surface area contributed by atoms with Crippen LogP contribution in [0.4, 0.5) is 0 Å². The lowest BCUT2D eigenvalue weighted by Gasteiger charge is -2.31. The van der Waals surface area contributed by atoms with Gasteiger partial charge < -0.3 is 9.15 Å². The molecule has 0 atom stereocenters. The molecule has 3 aromatic rings. The largest absolute Gasteiger partial charge is 0.478 e. The third kappa shape index (κ3) is 2.87. The summed E-state index contributed by atoms with van der Waals surface area (Å²) in [6.07, 6.45) is 1.56. The summed E-state index contributed by atoms with van der Waals surface area (Å²) in [6.45, 7) is 5.52. The molecule has 0 unspecified atom stereocenters. The zero-order chi connectivity index (χ0) is 17.6. The molecule has 4 nitrogen and oxygen atoms in total. The Kier molecular flexibility index (Phi) is 4.13. The fourth-order valence-electron chi connectivity index (χ4n) is 3.09. The lowest BCUT2D eigenvalue weighted by molar-refractivity contribution is 0.0689. The van der Waals surface area contributed by atoms with E-state index in [1.165, 1.54) is 0 Å². The normalized spacial score (nSPS) is 14.6. The van der Waals surface area contributed by atoms with Crippen LogP contribution in [0.2, 0.25) is 0 Å². The number of hydrogen-bond donors (Lipinski definition) is 0. The van der Waals surface area contributed by atoms with E-state index in [2.05, 4.69) is 34.7 Å². The van der Waals surface area contributed by atoms with Crippen LogP contribution in [-0.4, -0.2) is 17.7 Å². The van der Waals surface area contributed by atoms with E-state index in [4.69, 9.17) is 9.15 Å². The molecule has 1 aromatic heterocycles. The molecule has 0 N–H and O–H groups in total. The first kappa shape index (κ1) is 16.4. The number of rotatable bonds is 2. The summed E-state index contributed by atoms with van der Waals surface area (Å²) in [5, 5.41) is 0.591. The Hall–Kier alpha value is -2.11. The summed E-state index contributed by atoms with van der Waals surface area (Å²) in [4.78, 5) is 15.2. The zero-order valence-electron chi connectivity index (χ0n) is 14.1. The molecule has 0 fully saturated rings. The van der Waals surface area contributed by atoms with Gasteiger partial charge in [-0.05, 0) is 43.7 Å². The molecule has 25 heavy (non-hydrogen) atoms. The molecule has 0 spiro atoms. The lowest BCUT2D eigenvalue weighted by atomic mass is 10.0. The van der Waals surface area contributed by atoms with E-state index in [1.54, 1.807) is 12.3 Å². The maximum absolute atomic E-state index is 13.0. The number of halogens is 1. The molecule has 2 aromatic carbocycles. The van der Waals surface area contributed by atoms with E-state index in [9.17, 15) is 4.79 Å². The molecular formula is C20H18BrNO3. The van der Waals surface area contributed by atoms with Gasteiger partial charge in [0.15, 0.2) is 0 Å². The van der Waals surface area contributed by atoms with Crippen LogP contribution in [0.3, 0.4) is 0 Å². The summed E-state index contributed by atoms with van der Waals surface area (Å²) >= 11 is 3.41. The van der Waals surface area contributed by atoms with Gasteiger partial charge in [-0.25, -0.2) is 0 Å². The van der Waals surface area contributed by atoms with Crippen LogP contribution in [0.5, 0.6) is 5.75 Å². The van der Waals surface area contributed by atoms with Gasteiger partial charge in [-0.1, -0.05) is 28.1 Å². The minimum Gasteiger partial charge on any atom is -0.478 e. The Labute approximate surface area is 154 Å². The van der Waals surface area contributed by atoms with Crippen molar-refractivity contribution < 1.29 is 9.15 Å². The van der Waals surface area contributed by atoms with Crippen molar-refractivity contribution in [3.63, 3.8) is 0 Å². The third-order valence-corrected chi connectivity index (χ3v) is 5.16. The Bertz CT molecular complexity index is 992. The number of ether oxygens (including phenoxy) is 1. The summed E-state index contributed by atoms with van der Waals surface area (Å²) in [5.41, 5.74) is 2.95. The van der Waals surface area contributed by atoms with Gasteiger partial charge in [-0.2, -0.15) is 0 Å². The monoisotopic (exact) mass is 399 g/mol. The first-order valence-corrected chi connectivity index (χ1v) is 9.04. The molecule has 0 amide bonds. The fourth-order valence-corrected chi connectivity index (χ4v) is 3.35. The highest BCUT2D eigenvalue weighted by molar-refractivity contribution is 9.10. The first-order valence-electron chi connectivity index (χ1n) is 8.25.